The number of benzene rings is 1. The van der Waals surface area contributed by atoms with Gasteiger partial charge in [-0.1, -0.05) is 0 Å². The molecule has 2 N–H and O–H groups in total. The Hall–Kier alpha value is -2.88. The third-order valence-corrected chi connectivity index (χ3v) is 4.67. The molecule has 3 rings (SSSR count). The van der Waals surface area contributed by atoms with Crippen LogP contribution in [0.5, 0.6) is 5.75 Å². The van der Waals surface area contributed by atoms with E-state index in [1.807, 2.05) is 0 Å². The molecule has 1 aliphatic carbocycles. The van der Waals surface area contributed by atoms with Gasteiger partial charge in [-0.25, -0.2) is 9.18 Å². The second-order valence-electron chi connectivity index (χ2n) is 6.73. The monoisotopic (exact) mass is 412 g/mol. The number of nitrogens with zero attached hydrogens (tertiary/aromatic N) is 1. The number of hydrogen-bond donors (Lipinski definition) is 2. The Morgan fingerprint density at radius 3 is 2.59 bits per heavy atom. The second-order valence-corrected chi connectivity index (χ2v) is 6.73. The Labute approximate surface area is 163 Å². The van der Waals surface area contributed by atoms with Crippen LogP contribution in [0, 0.1) is 5.82 Å². The summed E-state index contributed by atoms with van der Waals surface area (Å²) in [5, 5.41) is 11.8. The minimum Gasteiger partial charge on any atom is -0.480 e. The molecule has 1 aliphatic rings. The smallest absolute Gasteiger partial charge is 0.387 e. The molecule has 1 aromatic carbocycles. The number of alkyl halides is 2. The summed E-state index contributed by atoms with van der Waals surface area (Å²) >= 11 is 0. The van der Waals surface area contributed by atoms with E-state index < -0.39 is 24.1 Å². The maximum absolute atomic E-state index is 13.9. The van der Waals surface area contributed by atoms with Crippen molar-refractivity contribution in [3.63, 3.8) is 0 Å². The number of carbonyl (C=O) groups is 2. The highest BCUT2D eigenvalue weighted by atomic mass is 19.3. The first-order chi connectivity index (χ1) is 13.8. The molecular formula is C19H19F3N2O5. The molecule has 0 atom stereocenters. The molecule has 0 spiro atoms. The zero-order chi connectivity index (χ0) is 21.0. The van der Waals surface area contributed by atoms with E-state index in [4.69, 9.17) is 9.84 Å². The molecule has 29 heavy (non-hydrogen) atoms. The fourth-order valence-electron chi connectivity index (χ4n) is 3.27. The van der Waals surface area contributed by atoms with Gasteiger partial charge in [0.05, 0.1) is 17.2 Å². The highest BCUT2D eigenvalue weighted by Crippen LogP contribution is 2.26. The van der Waals surface area contributed by atoms with Gasteiger partial charge < -0.3 is 19.9 Å². The van der Waals surface area contributed by atoms with Crippen LogP contribution in [0.15, 0.2) is 24.4 Å². The molecule has 0 aliphatic heterocycles. The Kier molecular flexibility index (Phi) is 6.53. The lowest BCUT2D eigenvalue weighted by Gasteiger charge is -2.28. The normalized spacial score (nSPS) is 19.3. The number of hydrogen-bond acceptors (Lipinski definition) is 5. The number of pyridine rings is 1. The first-order valence-corrected chi connectivity index (χ1v) is 9.00. The maximum atomic E-state index is 13.9. The fourth-order valence-corrected chi connectivity index (χ4v) is 3.27. The van der Waals surface area contributed by atoms with E-state index in [1.54, 1.807) is 0 Å². The van der Waals surface area contributed by atoms with Crippen LogP contribution in [0.4, 0.5) is 13.2 Å². The third-order valence-electron chi connectivity index (χ3n) is 4.67. The fraction of sp³-hybridized carbons (Fsp3) is 0.421. The lowest BCUT2D eigenvalue weighted by molar-refractivity contribution is -0.145. The molecule has 0 radical (unpaired) electrons. The molecule has 0 unspecified atom stereocenters. The number of aliphatic carboxylic acids is 1. The van der Waals surface area contributed by atoms with Crippen LogP contribution in [0.2, 0.25) is 0 Å². The Balaban J connectivity index is 1.62. The van der Waals surface area contributed by atoms with E-state index in [1.165, 1.54) is 12.3 Å². The van der Waals surface area contributed by atoms with Crippen molar-refractivity contribution in [3.8, 4) is 5.75 Å². The average Bonchev–Trinajstić information content (AvgIpc) is 2.67. The molecule has 10 heteroatoms. The topological polar surface area (TPSA) is 97.8 Å². The molecular weight excluding hydrogens is 393 g/mol. The van der Waals surface area contributed by atoms with E-state index in [0.717, 1.165) is 12.1 Å². The predicted molar refractivity (Wildman–Crippen MR) is 95.4 cm³/mol. The van der Waals surface area contributed by atoms with Gasteiger partial charge in [0.2, 0.25) is 0 Å². The van der Waals surface area contributed by atoms with Gasteiger partial charge in [0.15, 0.2) is 11.6 Å². The minimum absolute atomic E-state index is 0.0959. The molecule has 1 heterocycles. The second kappa shape index (κ2) is 9.08. The summed E-state index contributed by atoms with van der Waals surface area (Å²) in [7, 11) is 0. The van der Waals surface area contributed by atoms with Crippen molar-refractivity contribution in [2.45, 2.75) is 44.4 Å². The van der Waals surface area contributed by atoms with Gasteiger partial charge in [-0.15, -0.1) is 0 Å². The lowest BCUT2D eigenvalue weighted by atomic mass is 9.92. The van der Waals surface area contributed by atoms with E-state index in [2.05, 4.69) is 15.0 Å². The highest BCUT2D eigenvalue weighted by Gasteiger charge is 2.24. The van der Waals surface area contributed by atoms with Crippen LogP contribution < -0.4 is 10.1 Å². The van der Waals surface area contributed by atoms with Crippen molar-refractivity contribution in [2.75, 3.05) is 6.61 Å². The van der Waals surface area contributed by atoms with E-state index in [9.17, 15) is 22.8 Å². The summed E-state index contributed by atoms with van der Waals surface area (Å²) in [4.78, 5) is 27.0. The highest BCUT2D eigenvalue weighted by molar-refractivity contribution is 5.97. The van der Waals surface area contributed by atoms with Crippen LogP contribution in [-0.2, 0) is 9.53 Å². The van der Waals surface area contributed by atoms with Crippen molar-refractivity contribution in [3.05, 3.63) is 35.8 Å². The van der Waals surface area contributed by atoms with Gasteiger partial charge in [0, 0.05) is 23.7 Å². The zero-order valence-corrected chi connectivity index (χ0v) is 15.2. The number of halogens is 3. The van der Waals surface area contributed by atoms with Gasteiger partial charge in [-0.3, -0.25) is 9.78 Å². The zero-order valence-electron chi connectivity index (χ0n) is 15.2. The summed E-state index contributed by atoms with van der Waals surface area (Å²) in [6, 6.07) is 3.37. The molecule has 2 aromatic rings. The minimum atomic E-state index is -3.16. The quantitative estimate of drug-likeness (QED) is 0.725. The third kappa shape index (κ3) is 5.57. The number of amides is 1. The maximum Gasteiger partial charge on any atom is 0.387 e. The van der Waals surface area contributed by atoms with Crippen LogP contribution in [-0.4, -0.2) is 47.3 Å². The number of carboxylic acid groups (broad SMARTS) is 1. The largest absolute Gasteiger partial charge is 0.480 e. The number of fused-ring (bicyclic) bond motifs is 1. The van der Waals surface area contributed by atoms with Gasteiger partial charge in [0.1, 0.15) is 6.61 Å². The number of nitrogens with one attached hydrogen (secondary N) is 1. The number of aromatic nitrogens is 1. The summed E-state index contributed by atoms with van der Waals surface area (Å²) in [6.45, 7) is -3.50. The number of carbonyl (C=O) groups excluding carboxylic acids is 1. The summed E-state index contributed by atoms with van der Waals surface area (Å²) in [5.74, 6) is -2.99. The van der Waals surface area contributed by atoms with Gasteiger partial charge in [-0.05, 0) is 37.8 Å². The van der Waals surface area contributed by atoms with Crippen molar-refractivity contribution in [1.82, 2.24) is 10.3 Å². The Morgan fingerprint density at radius 2 is 1.93 bits per heavy atom. The van der Waals surface area contributed by atoms with Gasteiger partial charge in [-0.2, -0.15) is 8.78 Å². The average molecular weight is 412 g/mol. The molecule has 1 fully saturated rings. The first-order valence-electron chi connectivity index (χ1n) is 9.00. The predicted octanol–water partition coefficient (Wildman–Crippen LogP) is 3.12. The summed E-state index contributed by atoms with van der Waals surface area (Å²) in [5.41, 5.74) is 0.429. The van der Waals surface area contributed by atoms with Gasteiger partial charge in [0.25, 0.3) is 5.91 Å². The van der Waals surface area contributed by atoms with Crippen LogP contribution in [0.3, 0.4) is 0 Å². The van der Waals surface area contributed by atoms with Crippen LogP contribution >= 0.6 is 0 Å². The van der Waals surface area contributed by atoms with E-state index in [-0.39, 0.29) is 41.1 Å². The SMILES string of the molecule is O=C(O)CO[C@H]1CC[C@H](NC(=O)c2cnc3cc(OC(F)F)c(F)cc3c2)CC1. The summed E-state index contributed by atoms with van der Waals surface area (Å²) < 4.78 is 47.9. The lowest BCUT2D eigenvalue weighted by Crippen LogP contribution is -2.39. The molecule has 156 valence electrons. The molecule has 0 saturated heterocycles. The van der Waals surface area contributed by atoms with Crippen LogP contribution in [0.25, 0.3) is 10.9 Å². The summed E-state index contributed by atoms with van der Waals surface area (Å²) in [6.07, 6.45) is 3.68. The molecule has 1 amide bonds. The van der Waals surface area contributed by atoms with E-state index in [0.29, 0.717) is 25.7 Å². The van der Waals surface area contributed by atoms with Crippen molar-refractivity contribution >= 4 is 22.8 Å². The van der Waals surface area contributed by atoms with Crippen LogP contribution in [0.1, 0.15) is 36.0 Å². The Bertz CT molecular complexity index is 901. The van der Waals surface area contributed by atoms with Crippen molar-refractivity contribution in [2.24, 2.45) is 0 Å². The van der Waals surface area contributed by atoms with Gasteiger partial charge >= 0.3 is 12.6 Å². The van der Waals surface area contributed by atoms with E-state index >= 15 is 0 Å². The number of ether oxygens (including phenoxy) is 2. The molecule has 0 bridgehead atoms. The number of carboxylic acids is 1. The molecule has 1 saturated carbocycles. The molecule has 1 aromatic heterocycles. The van der Waals surface area contributed by atoms with Crippen molar-refractivity contribution in [1.29, 1.82) is 0 Å². The first kappa shape index (κ1) is 20.8. The van der Waals surface area contributed by atoms with Crippen molar-refractivity contribution < 1.29 is 37.3 Å². The standard InChI is InChI=1S/C19H19F3N2O5/c20-14-6-10-5-11(8-23-15(10)7-16(14)29-19(21)22)18(27)24-12-1-3-13(4-2-12)28-9-17(25)26/h5-8,12-13,19H,1-4,9H2,(H,24,27)(H,25,26)/t12-,13-. The number of rotatable bonds is 7. The molecule has 7 nitrogen and oxygen atoms in total. The Morgan fingerprint density at radius 1 is 1.21 bits per heavy atom.